The van der Waals surface area contributed by atoms with Crippen molar-refractivity contribution in [3.05, 3.63) is 35.9 Å². The molecule has 0 saturated carbocycles. The second kappa shape index (κ2) is 6.58. The number of benzene rings is 1. The zero-order valence-corrected chi connectivity index (χ0v) is 9.40. The molecule has 0 aliphatic rings. The third-order valence-corrected chi connectivity index (χ3v) is 3.26. The fourth-order valence-electron chi connectivity index (χ4n) is 0.974. The van der Waals surface area contributed by atoms with Crippen molar-refractivity contribution >= 4 is 28.2 Å². The lowest BCUT2D eigenvalue weighted by Crippen LogP contribution is -1.92. The van der Waals surface area contributed by atoms with Crippen LogP contribution in [0.1, 0.15) is 18.4 Å². The Kier molecular flexibility index (Phi) is 5.28. The van der Waals surface area contributed by atoms with E-state index in [1.54, 1.807) is 11.8 Å². The highest BCUT2D eigenvalue weighted by molar-refractivity contribution is 8.23. The number of hydrogen-bond acceptors (Lipinski definition) is 3. The van der Waals surface area contributed by atoms with Crippen LogP contribution in [0, 0.1) is 11.3 Å². The van der Waals surface area contributed by atoms with Gasteiger partial charge in [0, 0.05) is 6.42 Å². The SMILES string of the molecule is N#CCCCSC(=S)c1ccccc1. The predicted octanol–water partition coefficient (Wildman–Crippen LogP) is 3.40. The van der Waals surface area contributed by atoms with Crippen LogP contribution < -0.4 is 0 Å². The Morgan fingerprint density at radius 3 is 2.71 bits per heavy atom. The molecule has 72 valence electrons. The Labute approximate surface area is 94.1 Å². The first kappa shape index (κ1) is 11.2. The van der Waals surface area contributed by atoms with Gasteiger partial charge in [-0.15, -0.1) is 11.8 Å². The van der Waals surface area contributed by atoms with Crippen LogP contribution in [0.5, 0.6) is 0 Å². The molecule has 0 fully saturated rings. The zero-order chi connectivity index (χ0) is 10.2. The number of rotatable bonds is 4. The van der Waals surface area contributed by atoms with Crippen LogP contribution in [0.15, 0.2) is 30.3 Å². The minimum Gasteiger partial charge on any atom is -0.198 e. The average molecular weight is 221 g/mol. The number of thioether (sulfide) groups is 1. The molecule has 14 heavy (non-hydrogen) atoms. The molecule has 0 heterocycles. The molecule has 0 bridgehead atoms. The summed E-state index contributed by atoms with van der Waals surface area (Å²) < 4.78 is 0.920. The third kappa shape index (κ3) is 3.91. The van der Waals surface area contributed by atoms with E-state index in [1.165, 1.54) is 0 Å². The molecule has 1 aromatic carbocycles. The molecular formula is C11H11NS2. The first-order valence-electron chi connectivity index (χ1n) is 4.43. The summed E-state index contributed by atoms with van der Waals surface area (Å²) >= 11 is 6.90. The summed E-state index contributed by atoms with van der Waals surface area (Å²) in [5.74, 6) is 0.932. The summed E-state index contributed by atoms with van der Waals surface area (Å²) in [6.07, 6.45) is 1.53. The zero-order valence-electron chi connectivity index (χ0n) is 7.77. The highest BCUT2D eigenvalue weighted by Crippen LogP contribution is 2.14. The fraction of sp³-hybridized carbons (Fsp3) is 0.273. The van der Waals surface area contributed by atoms with Gasteiger partial charge in [-0.1, -0.05) is 42.5 Å². The maximum Gasteiger partial charge on any atom is 0.0778 e. The molecule has 0 unspecified atom stereocenters. The van der Waals surface area contributed by atoms with E-state index in [0.29, 0.717) is 6.42 Å². The van der Waals surface area contributed by atoms with Crippen molar-refractivity contribution in [3.8, 4) is 6.07 Å². The molecule has 0 radical (unpaired) electrons. The summed E-state index contributed by atoms with van der Waals surface area (Å²) in [6, 6.07) is 12.1. The maximum absolute atomic E-state index is 8.36. The molecule has 0 aromatic heterocycles. The van der Waals surface area contributed by atoms with Gasteiger partial charge in [0.2, 0.25) is 0 Å². The Bertz CT molecular complexity index is 327. The van der Waals surface area contributed by atoms with E-state index in [2.05, 4.69) is 6.07 Å². The lowest BCUT2D eigenvalue weighted by molar-refractivity contribution is 0.984. The summed E-state index contributed by atoms with van der Waals surface area (Å²) in [7, 11) is 0. The van der Waals surface area contributed by atoms with Crippen LogP contribution in [0.4, 0.5) is 0 Å². The molecule has 0 atom stereocenters. The molecule has 1 aromatic rings. The Morgan fingerprint density at radius 1 is 1.36 bits per heavy atom. The van der Waals surface area contributed by atoms with Gasteiger partial charge in [0.15, 0.2) is 0 Å². The quantitative estimate of drug-likeness (QED) is 0.575. The van der Waals surface area contributed by atoms with Crippen LogP contribution in [0.25, 0.3) is 0 Å². The van der Waals surface area contributed by atoms with Crippen molar-refractivity contribution in [1.29, 1.82) is 5.26 Å². The number of nitrogens with zero attached hydrogens (tertiary/aromatic N) is 1. The van der Waals surface area contributed by atoms with Crippen LogP contribution in [-0.4, -0.2) is 9.95 Å². The Hall–Kier alpha value is -0.850. The molecule has 0 aliphatic carbocycles. The monoisotopic (exact) mass is 221 g/mol. The summed E-state index contributed by atoms with van der Waals surface area (Å²) in [4.78, 5) is 0. The largest absolute Gasteiger partial charge is 0.198 e. The van der Waals surface area contributed by atoms with E-state index in [-0.39, 0.29) is 0 Å². The number of nitriles is 1. The van der Waals surface area contributed by atoms with E-state index >= 15 is 0 Å². The van der Waals surface area contributed by atoms with E-state index in [9.17, 15) is 0 Å². The third-order valence-electron chi connectivity index (χ3n) is 1.68. The molecule has 3 heteroatoms. The minimum absolute atomic E-state index is 0.615. The Balaban J connectivity index is 2.33. The van der Waals surface area contributed by atoms with Crippen molar-refractivity contribution in [2.24, 2.45) is 0 Å². The van der Waals surface area contributed by atoms with Crippen molar-refractivity contribution in [2.75, 3.05) is 5.75 Å². The van der Waals surface area contributed by atoms with E-state index in [4.69, 9.17) is 17.5 Å². The van der Waals surface area contributed by atoms with Crippen LogP contribution in [-0.2, 0) is 0 Å². The molecule has 0 N–H and O–H groups in total. The number of hydrogen-bond donors (Lipinski definition) is 0. The van der Waals surface area contributed by atoms with Gasteiger partial charge in [0.1, 0.15) is 0 Å². The smallest absolute Gasteiger partial charge is 0.0778 e. The topological polar surface area (TPSA) is 23.8 Å². The second-order valence-corrected chi connectivity index (χ2v) is 4.54. The standard InChI is InChI=1S/C11H11NS2/c12-8-4-5-9-14-11(13)10-6-2-1-3-7-10/h1-3,6-7H,4-5,9H2. The normalized spacial score (nSPS) is 9.36. The molecule has 0 amide bonds. The maximum atomic E-state index is 8.36. The first-order chi connectivity index (χ1) is 6.84. The van der Waals surface area contributed by atoms with Crippen molar-refractivity contribution < 1.29 is 0 Å². The van der Waals surface area contributed by atoms with Gasteiger partial charge in [-0.3, -0.25) is 0 Å². The van der Waals surface area contributed by atoms with E-state index < -0.39 is 0 Å². The summed E-state index contributed by atoms with van der Waals surface area (Å²) in [5, 5.41) is 8.36. The average Bonchev–Trinajstić information content (AvgIpc) is 2.25. The van der Waals surface area contributed by atoms with Crippen LogP contribution >= 0.6 is 24.0 Å². The second-order valence-electron chi connectivity index (χ2n) is 2.76. The molecule has 0 saturated heterocycles. The predicted molar refractivity (Wildman–Crippen MR) is 65.4 cm³/mol. The highest BCUT2D eigenvalue weighted by Gasteiger charge is 1.99. The molecular weight excluding hydrogens is 210 g/mol. The van der Waals surface area contributed by atoms with Crippen molar-refractivity contribution in [1.82, 2.24) is 0 Å². The van der Waals surface area contributed by atoms with Gasteiger partial charge in [-0.25, -0.2) is 0 Å². The fourth-order valence-corrected chi connectivity index (χ4v) is 2.14. The van der Waals surface area contributed by atoms with Crippen molar-refractivity contribution in [3.63, 3.8) is 0 Å². The van der Waals surface area contributed by atoms with Crippen LogP contribution in [0.3, 0.4) is 0 Å². The van der Waals surface area contributed by atoms with Crippen molar-refractivity contribution in [2.45, 2.75) is 12.8 Å². The van der Waals surface area contributed by atoms with Gasteiger partial charge in [0.25, 0.3) is 0 Å². The van der Waals surface area contributed by atoms with E-state index in [1.807, 2.05) is 30.3 Å². The Morgan fingerprint density at radius 2 is 2.07 bits per heavy atom. The van der Waals surface area contributed by atoms with Gasteiger partial charge >= 0.3 is 0 Å². The lowest BCUT2D eigenvalue weighted by Gasteiger charge is -2.01. The highest BCUT2D eigenvalue weighted by atomic mass is 32.2. The minimum atomic E-state index is 0.615. The van der Waals surface area contributed by atoms with E-state index in [0.717, 1.165) is 21.9 Å². The number of unbranched alkanes of at least 4 members (excludes halogenated alkanes) is 1. The van der Waals surface area contributed by atoms with Gasteiger partial charge in [-0.2, -0.15) is 5.26 Å². The molecule has 1 rings (SSSR count). The van der Waals surface area contributed by atoms with Gasteiger partial charge in [0.05, 0.1) is 10.3 Å². The van der Waals surface area contributed by atoms with Gasteiger partial charge in [-0.05, 0) is 17.7 Å². The molecule has 1 nitrogen and oxygen atoms in total. The molecule has 0 aliphatic heterocycles. The summed E-state index contributed by atoms with van der Waals surface area (Å²) in [6.45, 7) is 0. The molecule has 0 spiro atoms. The van der Waals surface area contributed by atoms with Gasteiger partial charge < -0.3 is 0 Å². The first-order valence-corrected chi connectivity index (χ1v) is 5.83. The summed E-state index contributed by atoms with van der Waals surface area (Å²) in [5.41, 5.74) is 1.10. The number of thiocarbonyl (C=S) groups is 1. The lowest BCUT2D eigenvalue weighted by atomic mass is 10.2. The van der Waals surface area contributed by atoms with Crippen LogP contribution in [0.2, 0.25) is 0 Å².